The maximum atomic E-state index is 13.5. The average molecular weight is 279 g/mol. The van der Waals surface area contributed by atoms with Crippen molar-refractivity contribution in [2.45, 2.75) is 46.1 Å². The van der Waals surface area contributed by atoms with Gasteiger partial charge in [0, 0.05) is 25.2 Å². The smallest absolute Gasteiger partial charge is 0.141 e. The van der Waals surface area contributed by atoms with Crippen LogP contribution in [0, 0.1) is 11.7 Å². The predicted molar refractivity (Wildman–Crippen MR) is 81.4 cm³/mol. The van der Waals surface area contributed by atoms with Gasteiger partial charge in [0.15, 0.2) is 0 Å². The summed E-state index contributed by atoms with van der Waals surface area (Å²) in [6.07, 6.45) is 6.09. The molecule has 1 aromatic heterocycles. The standard InChI is InChI=1S/C16H26FN3/c1-3-7-18-11-14-10-15(17)12-19-16(14)20-8-4-5-13(2)6-9-20/h10,12-13,18H,3-9,11H2,1-2H3. The van der Waals surface area contributed by atoms with Crippen LogP contribution in [0.4, 0.5) is 10.2 Å². The lowest BCUT2D eigenvalue weighted by Crippen LogP contribution is -2.27. The molecule has 0 saturated carbocycles. The van der Waals surface area contributed by atoms with Gasteiger partial charge < -0.3 is 10.2 Å². The summed E-state index contributed by atoms with van der Waals surface area (Å²) in [7, 11) is 0. The van der Waals surface area contributed by atoms with E-state index >= 15 is 0 Å². The number of pyridine rings is 1. The van der Waals surface area contributed by atoms with E-state index in [0.717, 1.165) is 43.4 Å². The van der Waals surface area contributed by atoms with Gasteiger partial charge in [-0.3, -0.25) is 0 Å². The van der Waals surface area contributed by atoms with Gasteiger partial charge in [0.1, 0.15) is 11.6 Å². The normalized spacial score (nSPS) is 19.9. The third-order valence-electron chi connectivity index (χ3n) is 3.97. The fourth-order valence-electron chi connectivity index (χ4n) is 2.76. The summed E-state index contributed by atoms with van der Waals surface area (Å²) < 4.78 is 13.5. The molecule has 3 nitrogen and oxygen atoms in total. The molecule has 1 aromatic rings. The van der Waals surface area contributed by atoms with Crippen molar-refractivity contribution in [2.75, 3.05) is 24.5 Å². The average Bonchev–Trinajstić information content (AvgIpc) is 2.64. The fourth-order valence-corrected chi connectivity index (χ4v) is 2.76. The van der Waals surface area contributed by atoms with Gasteiger partial charge in [-0.2, -0.15) is 0 Å². The van der Waals surface area contributed by atoms with Crippen LogP contribution in [-0.2, 0) is 6.54 Å². The molecule has 1 atom stereocenters. The van der Waals surface area contributed by atoms with E-state index in [1.165, 1.54) is 25.5 Å². The summed E-state index contributed by atoms with van der Waals surface area (Å²) in [5, 5.41) is 3.35. The Hall–Kier alpha value is -1.16. The van der Waals surface area contributed by atoms with Gasteiger partial charge in [-0.15, -0.1) is 0 Å². The molecule has 1 saturated heterocycles. The highest BCUT2D eigenvalue weighted by Crippen LogP contribution is 2.24. The second-order valence-corrected chi connectivity index (χ2v) is 5.84. The van der Waals surface area contributed by atoms with Crippen LogP contribution in [0.2, 0.25) is 0 Å². The summed E-state index contributed by atoms with van der Waals surface area (Å²) in [5.74, 6) is 1.50. The van der Waals surface area contributed by atoms with Crippen molar-refractivity contribution >= 4 is 5.82 Å². The van der Waals surface area contributed by atoms with E-state index in [0.29, 0.717) is 6.54 Å². The van der Waals surface area contributed by atoms with E-state index in [9.17, 15) is 4.39 Å². The Balaban J connectivity index is 2.12. The van der Waals surface area contributed by atoms with Gasteiger partial charge in [0.25, 0.3) is 0 Å². The van der Waals surface area contributed by atoms with Crippen LogP contribution < -0.4 is 10.2 Å². The van der Waals surface area contributed by atoms with Crippen LogP contribution in [0.15, 0.2) is 12.3 Å². The van der Waals surface area contributed by atoms with Gasteiger partial charge in [0.05, 0.1) is 6.20 Å². The van der Waals surface area contributed by atoms with E-state index < -0.39 is 0 Å². The van der Waals surface area contributed by atoms with Gasteiger partial charge in [-0.25, -0.2) is 9.37 Å². The van der Waals surface area contributed by atoms with Crippen molar-refractivity contribution < 1.29 is 4.39 Å². The minimum Gasteiger partial charge on any atom is -0.356 e. The first-order valence-electron chi connectivity index (χ1n) is 7.80. The van der Waals surface area contributed by atoms with Gasteiger partial charge in [-0.1, -0.05) is 13.8 Å². The Kier molecular flexibility index (Phi) is 5.77. The monoisotopic (exact) mass is 279 g/mol. The van der Waals surface area contributed by atoms with Crippen LogP contribution >= 0.6 is 0 Å². The molecule has 112 valence electrons. The van der Waals surface area contributed by atoms with E-state index in [-0.39, 0.29) is 5.82 Å². The second kappa shape index (κ2) is 7.58. The molecule has 0 aliphatic carbocycles. The number of rotatable bonds is 5. The molecule has 0 spiro atoms. The quantitative estimate of drug-likeness (QED) is 0.838. The predicted octanol–water partition coefficient (Wildman–Crippen LogP) is 3.35. The van der Waals surface area contributed by atoms with E-state index in [1.54, 1.807) is 6.07 Å². The van der Waals surface area contributed by atoms with Crippen molar-refractivity contribution in [3.8, 4) is 0 Å². The van der Waals surface area contributed by atoms with Gasteiger partial charge in [0.2, 0.25) is 0 Å². The number of halogens is 1. The zero-order chi connectivity index (χ0) is 14.4. The first-order valence-corrected chi connectivity index (χ1v) is 7.80. The van der Waals surface area contributed by atoms with E-state index in [4.69, 9.17) is 0 Å². The van der Waals surface area contributed by atoms with Crippen molar-refractivity contribution in [2.24, 2.45) is 5.92 Å². The Labute approximate surface area is 121 Å². The lowest BCUT2D eigenvalue weighted by atomic mass is 10.0. The zero-order valence-electron chi connectivity index (χ0n) is 12.7. The highest BCUT2D eigenvalue weighted by molar-refractivity contribution is 5.47. The molecule has 1 aliphatic heterocycles. The first-order chi connectivity index (χ1) is 9.70. The van der Waals surface area contributed by atoms with Crippen molar-refractivity contribution in [3.63, 3.8) is 0 Å². The lowest BCUT2D eigenvalue weighted by Gasteiger charge is -2.24. The molecule has 20 heavy (non-hydrogen) atoms. The molecule has 1 N–H and O–H groups in total. The summed E-state index contributed by atoms with van der Waals surface area (Å²) >= 11 is 0. The van der Waals surface area contributed by atoms with Gasteiger partial charge >= 0.3 is 0 Å². The lowest BCUT2D eigenvalue weighted by molar-refractivity contribution is 0.521. The van der Waals surface area contributed by atoms with Crippen LogP contribution in [0.25, 0.3) is 0 Å². The van der Waals surface area contributed by atoms with Crippen LogP contribution in [-0.4, -0.2) is 24.6 Å². The number of nitrogens with one attached hydrogen (secondary N) is 1. The summed E-state index contributed by atoms with van der Waals surface area (Å²) in [6, 6.07) is 1.62. The number of aromatic nitrogens is 1. The molecule has 1 aliphatic rings. The Morgan fingerprint density at radius 2 is 2.25 bits per heavy atom. The van der Waals surface area contributed by atoms with Crippen molar-refractivity contribution in [1.29, 1.82) is 0 Å². The van der Waals surface area contributed by atoms with E-state index in [2.05, 4.69) is 29.0 Å². The number of anilines is 1. The van der Waals surface area contributed by atoms with Crippen LogP contribution in [0.1, 0.15) is 45.1 Å². The maximum Gasteiger partial charge on any atom is 0.141 e. The van der Waals surface area contributed by atoms with Crippen molar-refractivity contribution in [1.82, 2.24) is 10.3 Å². The zero-order valence-corrected chi connectivity index (χ0v) is 12.7. The minimum absolute atomic E-state index is 0.245. The topological polar surface area (TPSA) is 28.2 Å². The Bertz CT molecular complexity index is 422. The number of hydrogen-bond acceptors (Lipinski definition) is 3. The Morgan fingerprint density at radius 1 is 1.40 bits per heavy atom. The summed E-state index contributed by atoms with van der Waals surface area (Å²) in [5.41, 5.74) is 0.980. The van der Waals surface area contributed by atoms with E-state index in [1.807, 2.05) is 0 Å². The molecule has 1 fully saturated rings. The van der Waals surface area contributed by atoms with Crippen molar-refractivity contribution in [3.05, 3.63) is 23.6 Å². The minimum atomic E-state index is -0.245. The molecule has 2 rings (SSSR count). The molecule has 0 amide bonds. The summed E-state index contributed by atoms with van der Waals surface area (Å²) in [4.78, 5) is 6.68. The molecule has 1 unspecified atom stereocenters. The first kappa shape index (κ1) is 15.2. The third kappa shape index (κ3) is 4.17. The van der Waals surface area contributed by atoms with Gasteiger partial charge in [-0.05, 0) is 44.2 Å². The molecule has 2 heterocycles. The molecule has 0 radical (unpaired) electrons. The Morgan fingerprint density at radius 3 is 3.05 bits per heavy atom. The summed E-state index contributed by atoms with van der Waals surface area (Å²) in [6.45, 7) is 8.15. The molecule has 0 aromatic carbocycles. The maximum absolute atomic E-state index is 13.5. The third-order valence-corrected chi connectivity index (χ3v) is 3.97. The second-order valence-electron chi connectivity index (χ2n) is 5.84. The molecule has 0 bridgehead atoms. The molecular formula is C16H26FN3. The largest absolute Gasteiger partial charge is 0.356 e. The SMILES string of the molecule is CCCNCc1cc(F)cnc1N1CCCC(C)CC1. The van der Waals surface area contributed by atoms with Crippen LogP contribution in [0.5, 0.6) is 0 Å². The number of hydrogen-bond donors (Lipinski definition) is 1. The number of nitrogens with zero attached hydrogens (tertiary/aromatic N) is 2. The van der Waals surface area contributed by atoms with Crippen LogP contribution in [0.3, 0.4) is 0 Å². The fraction of sp³-hybridized carbons (Fsp3) is 0.688. The highest BCUT2D eigenvalue weighted by atomic mass is 19.1. The molecular weight excluding hydrogens is 253 g/mol. The molecule has 4 heteroatoms. The highest BCUT2D eigenvalue weighted by Gasteiger charge is 2.18.